The number of rotatable bonds is 1. The zero-order valence-corrected chi connectivity index (χ0v) is 7.57. The van der Waals surface area contributed by atoms with Crippen LogP contribution in [0.3, 0.4) is 0 Å². The predicted molar refractivity (Wildman–Crippen MR) is 55.5 cm³/mol. The van der Waals surface area contributed by atoms with Crippen LogP contribution >= 0.6 is 0 Å². The van der Waals surface area contributed by atoms with Crippen molar-refractivity contribution in [2.24, 2.45) is 0 Å². The summed E-state index contributed by atoms with van der Waals surface area (Å²) in [7, 11) is 0. The molecule has 0 saturated carbocycles. The van der Waals surface area contributed by atoms with Gasteiger partial charge >= 0.3 is 0 Å². The van der Waals surface area contributed by atoms with Crippen LogP contribution in [0.15, 0.2) is 30.5 Å². The summed E-state index contributed by atoms with van der Waals surface area (Å²) in [6, 6.07) is 9.73. The number of terminal acetylenes is 1. The number of nitrogens with zero attached hydrogens (tertiary/aromatic N) is 2. The van der Waals surface area contributed by atoms with Gasteiger partial charge in [0, 0.05) is 11.6 Å². The summed E-state index contributed by atoms with van der Waals surface area (Å²) in [5.74, 6) is 2.58. The Kier molecular flexibility index (Phi) is 1.97. The van der Waals surface area contributed by atoms with Gasteiger partial charge in [-0.2, -0.15) is 5.26 Å². The Hall–Kier alpha value is -2.19. The highest BCUT2D eigenvalue weighted by atomic mass is 14.9. The average Bonchev–Trinajstić information content (AvgIpc) is 2.62. The summed E-state index contributed by atoms with van der Waals surface area (Å²) in [5.41, 5.74) is 1.71. The molecule has 0 saturated heterocycles. The van der Waals surface area contributed by atoms with Gasteiger partial charge in [0.25, 0.3) is 0 Å². The van der Waals surface area contributed by atoms with E-state index in [0.717, 1.165) is 10.9 Å². The first kappa shape index (κ1) is 8.41. The number of aromatic nitrogens is 1. The Morgan fingerprint density at radius 3 is 2.93 bits per heavy atom. The van der Waals surface area contributed by atoms with Gasteiger partial charge in [-0.25, -0.2) is 0 Å². The minimum absolute atomic E-state index is 0.540. The molecule has 0 aliphatic heterocycles. The highest BCUT2D eigenvalue weighted by Crippen LogP contribution is 2.19. The van der Waals surface area contributed by atoms with Crippen LogP contribution in [0, 0.1) is 23.7 Å². The lowest BCUT2D eigenvalue weighted by Crippen LogP contribution is -1.92. The minimum atomic E-state index is 0.540. The Balaban J connectivity index is 2.72. The monoisotopic (exact) mass is 180 g/mol. The number of hydrogen-bond acceptors (Lipinski definition) is 1. The van der Waals surface area contributed by atoms with Gasteiger partial charge in [-0.3, -0.25) is 0 Å². The fourth-order valence-electron chi connectivity index (χ4n) is 1.56. The van der Waals surface area contributed by atoms with Crippen molar-refractivity contribution in [3.8, 4) is 18.4 Å². The highest BCUT2D eigenvalue weighted by Gasteiger charge is 2.03. The Morgan fingerprint density at radius 2 is 2.21 bits per heavy atom. The molecule has 0 amide bonds. The maximum atomic E-state index is 8.88. The van der Waals surface area contributed by atoms with E-state index in [1.807, 2.05) is 35.0 Å². The van der Waals surface area contributed by atoms with Crippen molar-refractivity contribution in [1.82, 2.24) is 4.57 Å². The molecule has 0 fully saturated rings. The van der Waals surface area contributed by atoms with Crippen molar-refractivity contribution >= 4 is 10.9 Å². The molecule has 1 aromatic heterocycles. The molecule has 14 heavy (non-hydrogen) atoms. The lowest BCUT2D eigenvalue weighted by atomic mass is 10.1. The van der Waals surface area contributed by atoms with Crippen molar-refractivity contribution in [3.63, 3.8) is 0 Å². The third-order valence-electron chi connectivity index (χ3n) is 2.20. The average molecular weight is 180 g/mol. The third kappa shape index (κ3) is 1.14. The van der Waals surface area contributed by atoms with Crippen LogP contribution in [-0.4, -0.2) is 4.57 Å². The molecule has 0 aliphatic rings. The molecule has 0 aliphatic carbocycles. The van der Waals surface area contributed by atoms with Gasteiger partial charge in [-0.05, 0) is 18.2 Å². The Morgan fingerprint density at radius 1 is 1.36 bits per heavy atom. The van der Waals surface area contributed by atoms with E-state index < -0.39 is 0 Å². The highest BCUT2D eigenvalue weighted by molar-refractivity contribution is 5.86. The molecule has 66 valence electrons. The molecule has 0 radical (unpaired) electrons. The molecule has 0 atom stereocenters. The zero-order valence-electron chi connectivity index (χ0n) is 7.57. The fourth-order valence-corrected chi connectivity index (χ4v) is 1.56. The van der Waals surface area contributed by atoms with E-state index >= 15 is 0 Å². The first-order chi connectivity index (χ1) is 6.86. The summed E-state index contributed by atoms with van der Waals surface area (Å²) in [6.45, 7) is 0.540. The van der Waals surface area contributed by atoms with Gasteiger partial charge in [0.15, 0.2) is 0 Å². The quantitative estimate of drug-likeness (QED) is 0.618. The second-order valence-electron chi connectivity index (χ2n) is 3.00. The maximum Gasteiger partial charge on any atom is 0.0998 e. The number of fused-ring (bicyclic) bond motifs is 1. The van der Waals surface area contributed by atoms with Crippen LogP contribution in [0.4, 0.5) is 0 Å². The van der Waals surface area contributed by atoms with Crippen molar-refractivity contribution in [1.29, 1.82) is 5.26 Å². The summed E-state index contributed by atoms with van der Waals surface area (Å²) >= 11 is 0. The van der Waals surface area contributed by atoms with Crippen LogP contribution in [0.2, 0.25) is 0 Å². The van der Waals surface area contributed by atoms with E-state index in [4.69, 9.17) is 11.7 Å². The van der Waals surface area contributed by atoms with Gasteiger partial charge in [-0.15, -0.1) is 6.42 Å². The zero-order chi connectivity index (χ0) is 9.97. The van der Waals surface area contributed by atoms with Gasteiger partial charge in [0.2, 0.25) is 0 Å². The molecule has 0 spiro atoms. The minimum Gasteiger partial charge on any atom is -0.336 e. The van der Waals surface area contributed by atoms with Gasteiger partial charge in [-0.1, -0.05) is 12.0 Å². The number of hydrogen-bond donors (Lipinski definition) is 0. The molecule has 2 aromatic rings. The standard InChI is InChI=1S/C12H8N2/c1-2-7-14-8-6-11-10(9-13)4-3-5-12(11)14/h1,3-6,8H,7H2. The molecule has 0 unspecified atom stereocenters. The first-order valence-electron chi connectivity index (χ1n) is 4.28. The predicted octanol–water partition coefficient (Wildman–Crippen LogP) is 2.15. The largest absolute Gasteiger partial charge is 0.336 e. The molecule has 2 heteroatoms. The van der Waals surface area contributed by atoms with Crippen LogP contribution in [-0.2, 0) is 6.54 Å². The summed E-state index contributed by atoms with van der Waals surface area (Å²) in [6.07, 6.45) is 7.15. The van der Waals surface area contributed by atoms with Crippen molar-refractivity contribution < 1.29 is 0 Å². The number of benzene rings is 1. The maximum absolute atomic E-state index is 8.88. The molecule has 2 nitrogen and oxygen atoms in total. The molecule has 1 aromatic carbocycles. The Labute approximate surface area is 82.4 Å². The van der Waals surface area contributed by atoms with Crippen molar-refractivity contribution in [2.45, 2.75) is 6.54 Å². The van der Waals surface area contributed by atoms with Crippen LogP contribution in [0.1, 0.15) is 5.56 Å². The molecule has 1 heterocycles. The van der Waals surface area contributed by atoms with Crippen LogP contribution in [0.25, 0.3) is 10.9 Å². The van der Waals surface area contributed by atoms with E-state index in [1.165, 1.54) is 0 Å². The van der Waals surface area contributed by atoms with E-state index in [0.29, 0.717) is 12.1 Å². The van der Waals surface area contributed by atoms with Crippen LogP contribution in [0.5, 0.6) is 0 Å². The first-order valence-corrected chi connectivity index (χ1v) is 4.28. The summed E-state index contributed by atoms with van der Waals surface area (Å²) in [4.78, 5) is 0. The molecular formula is C12H8N2. The summed E-state index contributed by atoms with van der Waals surface area (Å²) < 4.78 is 1.95. The smallest absolute Gasteiger partial charge is 0.0998 e. The molecule has 2 rings (SSSR count). The topological polar surface area (TPSA) is 28.7 Å². The third-order valence-corrected chi connectivity index (χ3v) is 2.20. The SMILES string of the molecule is C#CCn1ccc2c(C#N)cccc21. The van der Waals surface area contributed by atoms with Crippen molar-refractivity contribution in [3.05, 3.63) is 36.0 Å². The second-order valence-corrected chi connectivity index (χ2v) is 3.00. The normalized spacial score (nSPS) is 9.57. The molecular weight excluding hydrogens is 172 g/mol. The molecule has 0 N–H and O–H groups in total. The summed E-state index contributed by atoms with van der Waals surface area (Å²) in [5, 5.41) is 9.84. The fraction of sp³-hybridized carbons (Fsp3) is 0.0833. The van der Waals surface area contributed by atoms with E-state index in [1.54, 1.807) is 0 Å². The van der Waals surface area contributed by atoms with Gasteiger partial charge in [0.1, 0.15) is 0 Å². The Bertz CT molecular complexity index is 550. The van der Waals surface area contributed by atoms with Gasteiger partial charge < -0.3 is 4.57 Å². The van der Waals surface area contributed by atoms with Crippen LogP contribution < -0.4 is 0 Å². The lowest BCUT2D eigenvalue weighted by Gasteiger charge is -1.99. The number of nitriles is 1. The van der Waals surface area contributed by atoms with Gasteiger partial charge in [0.05, 0.1) is 23.7 Å². The van der Waals surface area contributed by atoms with E-state index in [-0.39, 0.29) is 0 Å². The lowest BCUT2D eigenvalue weighted by molar-refractivity contribution is 0.886. The second kappa shape index (κ2) is 3.28. The van der Waals surface area contributed by atoms with E-state index in [9.17, 15) is 0 Å². The van der Waals surface area contributed by atoms with E-state index in [2.05, 4.69) is 12.0 Å². The van der Waals surface area contributed by atoms with Crippen molar-refractivity contribution in [2.75, 3.05) is 0 Å². The molecule has 0 bridgehead atoms.